The summed E-state index contributed by atoms with van der Waals surface area (Å²) in [5, 5.41) is 31.0. The average Bonchev–Trinajstić information content (AvgIpc) is 3.60. The Morgan fingerprint density at radius 1 is 1.32 bits per heavy atom. The maximum absolute atomic E-state index is 13.1. The van der Waals surface area contributed by atoms with Crippen LogP contribution >= 0.6 is 23.2 Å². The third-order valence-corrected chi connectivity index (χ3v) is 7.32. The minimum absolute atomic E-state index is 0.0256. The first-order valence-corrected chi connectivity index (χ1v) is 13.5. The number of benzene rings is 2. The second-order valence-corrected chi connectivity index (χ2v) is 10.3. The van der Waals surface area contributed by atoms with Crippen molar-refractivity contribution >= 4 is 51.9 Å². The number of nitrogens with zero attached hydrogens (tertiary/aromatic N) is 4. The number of guanidine groups is 1. The van der Waals surface area contributed by atoms with Gasteiger partial charge in [-0.3, -0.25) is 9.89 Å². The molecule has 1 amide bonds. The number of hydrogen-bond acceptors (Lipinski definition) is 7. The number of fused-ring (bicyclic) bond motifs is 1. The maximum Gasteiger partial charge on any atom is 0.330 e. The molecule has 1 unspecified atom stereocenters. The molecule has 0 spiro atoms. The lowest BCUT2D eigenvalue weighted by molar-refractivity contribution is -0.142. The molecule has 216 valence electrons. The molecule has 1 fully saturated rings. The summed E-state index contributed by atoms with van der Waals surface area (Å²) in [7, 11) is 1.18. The first-order valence-electron chi connectivity index (χ1n) is 12.8. The highest BCUT2D eigenvalue weighted by Gasteiger charge is 2.28. The number of ether oxygens (including phenoxy) is 1. The highest BCUT2D eigenvalue weighted by atomic mass is 35.5. The van der Waals surface area contributed by atoms with Crippen LogP contribution in [0, 0.1) is 6.57 Å². The summed E-state index contributed by atoms with van der Waals surface area (Å²) in [6.45, 7) is 7.62. The standard InChI is InChI=1S/C27H29Cl2N7O5/c1-30-35-27(36-8-7-18(37)14-36)31-13-22(26(40)41-2)33-25(39)24-19(28)9-15(10-20(24)29)3-6-23(38)16-4-5-17-12-32-34-21(17)11-16/h4-5,9-12,18,22-23,37-38H,3,6-8,13-14H2,2H3,(H,31,35)(H,32,34)(H,33,39)/t18-,22-,23?/m0/s1. The lowest BCUT2D eigenvalue weighted by atomic mass is 9.99. The molecule has 3 atom stereocenters. The molecule has 1 saturated heterocycles. The summed E-state index contributed by atoms with van der Waals surface area (Å²) >= 11 is 12.9. The SMILES string of the molecule is [C-]#[N+]NC(=NC[C@H](NC(=O)c1c(Cl)cc(CCC(O)c2ccc3cn[nH]c3c2)cc1Cl)C(=O)OC)N1CC[C@H](O)C1. The molecule has 1 aliphatic rings. The highest BCUT2D eigenvalue weighted by Crippen LogP contribution is 2.29. The van der Waals surface area contributed by atoms with Gasteiger partial charge >= 0.3 is 5.97 Å². The number of aryl methyl sites for hydroxylation is 1. The van der Waals surface area contributed by atoms with E-state index >= 15 is 0 Å². The number of H-pyrrole nitrogens is 1. The Bertz CT molecular complexity index is 1470. The number of aliphatic hydroxyl groups is 2. The number of nitrogens with one attached hydrogen (secondary N) is 3. The maximum atomic E-state index is 13.1. The molecule has 2 heterocycles. The Morgan fingerprint density at radius 3 is 2.73 bits per heavy atom. The number of esters is 1. The predicted molar refractivity (Wildman–Crippen MR) is 153 cm³/mol. The average molecular weight is 602 g/mol. The van der Waals surface area contributed by atoms with Crippen molar-refractivity contribution in [3.05, 3.63) is 74.8 Å². The number of rotatable bonds is 9. The number of likely N-dealkylation sites (tertiary alicyclic amines) is 1. The Hall–Kier alpha value is -3.89. The molecule has 1 aromatic heterocycles. The van der Waals surface area contributed by atoms with Crippen LogP contribution in [0.5, 0.6) is 0 Å². The van der Waals surface area contributed by atoms with E-state index in [1.807, 2.05) is 18.2 Å². The van der Waals surface area contributed by atoms with Gasteiger partial charge in [0.25, 0.3) is 11.9 Å². The molecule has 2 aromatic carbocycles. The number of methoxy groups -OCH3 is 1. The van der Waals surface area contributed by atoms with Crippen LogP contribution in [0.15, 0.2) is 41.5 Å². The minimum Gasteiger partial charge on any atom is -0.467 e. The fourth-order valence-electron chi connectivity index (χ4n) is 4.54. The number of β-amino-alcohol motifs (C(OH)–C–C–N with tert-alkyl or cyclic N) is 1. The summed E-state index contributed by atoms with van der Waals surface area (Å²) in [5.41, 5.74) is 4.69. The number of carbonyl (C=O) groups excluding carboxylic acids is 2. The van der Waals surface area contributed by atoms with Crippen LogP contribution in [0.3, 0.4) is 0 Å². The second-order valence-electron chi connectivity index (χ2n) is 9.53. The van der Waals surface area contributed by atoms with Crippen molar-refractivity contribution in [2.45, 2.75) is 37.5 Å². The summed E-state index contributed by atoms with van der Waals surface area (Å²) in [6, 6.07) is 7.55. The van der Waals surface area contributed by atoms with Gasteiger partial charge in [-0.2, -0.15) is 16.6 Å². The normalized spacial score (nSPS) is 16.7. The number of amides is 1. The number of aromatic nitrogens is 2. The van der Waals surface area contributed by atoms with Crippen LogP contribution < -0.4 is 10.7 Å². The highest BCUT2D eigenvalue weighted by molar-refractivity contribution is 6.39. The van der Waals surface area contributed by atoms with E-state index in [2.05, 4.69) is 30.9 Å². The second kappa shape index (κ2) is 13.6. The summed E-state index contributed by atoms with van der Waals surface area (Å²) < 4.78 is 4.82. The molecule has 0 radical (unpaired) electrons. The number of aliphatic imine (C=N–C) groups is 1. The molecule has 1 aliphatic heterocycles. The summed E-state index contributed by atoms with van der Waals surface area (Å²) in [6.07, 6.45) is 1.75. The third kappa shape index (κ3) is 7.45. The number of aromatic amines is 1. The van der Waals surface area contributed by atoms with Gasteiger partial charge in [-0.05, 0) is 48.6 Å². The van der Waals surface area contributed by atoms with Crippen molar-refractivity contribution in [3.8, 4) is 0 Å². The largest absolute Gasteiger partial charge is 0.467 e. The first-order chi connectivity index (χ1) is 19.7. The zero-order chi connectivity index (χ0) is 29.5. The quantitative estimate of drug-likeness (QED) is 0.0823. The lowest BCUT2D eigenvalue weighted by Crippen LogP contribution is -2.45. The van der Waals surface area contributed by atoms with Crippen molar-refractivity contribution in [3.63, 3.8) is 0 Å². The zero-order valence-electron chi connectivity index (χ0n) is 22.1. The van der Waals surface area contributed by atoms with E-state index < -0.39 is 30.1 Å². The van der Waals surface area contributed by atoms with Crippen LogP contribution in [-0.2, 0) is 16.0 Å². The number of carbonyl (C=O) groups is 2. The summed E-state index contributed by atoms with van der Waals surface area (Å²) in [5.74, 6) is -1.29. The molecule has 0 saturated carbocycles. The monoisotopic (exact) mass is 601 g/mol. The van der Waals surface area contributed by atoms with Crippen molar-refractivity contribution < 1.29 is 24.5 Å². The Labute approximate surface area is 246 Å². The molecule has 5 N–H and O–H groups in total. The van der Waals surface area contributed by atoms with Crippen molar-refractivity contribution in [1.29, 1.82) is 0 Å². The van der Waals surface area contributed by atoms with Gasteiger partial charge in [0.05, 0.1) is 53.2 Å². The van der Waals surface area contributed by atoms with E-state index in [0.29, 0.717) is 25.8 Å². The van der Waals surface area contributed by atoms with E-state index in [1.54, 1.807) is 23.2 Å². The fourth-order valence-corrected chi connectivity index (χ4v) is 5.24. The van der Waals surface area contributed by atoms with Crippen LogP contribution in [0.2, 0.25) is 10.0 Å². The molecular weight excluding hydrogens is 573 g/mol. The molecular formula is C27H29Cl2N7O5. The van der Waals surface area contributed by atoms with E-state index in [-0.39, 0.29) is 34.7 Å². The van der Waals surface area contributed by atoms with Crippen molar-refractivity contribution in [2.75, 3.05) is 26.7 Å². The fraction of sp³-hybridized carbons (Fsp3) is 0.370. The zero-order valence-corrected chi connectivity index (χ0v) is 23.6. The molecule has 12 nitrogen and oxygen atoms in total. The molecule has 4 rings (SSSR count). The number of halogens is 2. The first kappa shape index (κ1) is 30.1. The molecule has 0 aliphatic carbocycles. The van der Waals surface area contributed by atoms with Gasteiger partial charge in [-0.25, -0.2) is 9.79 Å². The molecule has 0 bridgehead atoms. The van der Waals surface area contributed by atoms with Gasteiger partial charge in [0.15, 0.2) is 0 Å². The Morgan fingerprint density at radius 2 is 2.07 bits per heavy atom. The number of aliphatic hydroxyl groups excluding tert-OH is 2. The Kier molecular flexibility index (Phi) is 10.0. The third-order valence-electron chi connectivity index (χ3n) is 6.72. The summed E-state index contributed by atoms with van der Waals surface area (Å²) in [4.78, 5) is 34.7. The van der Waals surface area contributed by atoms with Crippen molar-refractivity contribution in [1.82, 2.24) is 25.8 Å². The van der Waals surface area contributed by atoms with E-state index in [0.717, 1.165) is 22.0 Å². The van der Waals surface area contributed by atoms with Crippen LogP contribution in [0.4, 0.5) is 0 Å². The van der Waals surface area contributed by atoms with Gasteiger partial charge in [0, 0.05) is 18.5 Å². The van der Waals surface area contributed by atoms with Gasteiger partial charge in [-0.1, -0.05) is 40.8 Å². The van der Waals surface area contributed by atoms with Crippen LogP contribution in [-0.4, -0.2) is 82.0 Å². The van der Waals surface area contributed by atoms with Gasteiger partial charge in [-0.15, -0.1) is 0 Å². The van der Waals surface area contributed by atoms with E-state index in [9.17, 15) is 19.8 Å². The molecule has 41 heavy (non-hydrogen) atoms. The minimum atomic E-state index is -1.20. The van der Waals surface area contributed by atoms with Crippen LogP contribution in [0.25, 0.3) is 15.9 Å². The van der Waals surface area contributed by atoms with Gasteiger partial charge < -0.3 is 25.2 Å². The van der Waals surface area contributed by atoms with Gasteiger partial charge in [0.2, 0.25) is 0 Å². The topological polar surface area (TPSA) is 157 Å². The van der Waals surface area contributed by atoms with Gasteiger partial charge in [0.1, 0.15) is 6.04 Å². The Balaban J connectivity index is 1.43. The molecule has 3 aromatic rings. The molecule has 14 heteroatoms. The van der Waals surface area contributed by atoms with Crippen LogP contribution in [0.1, 0.15) is 40.4 Å². The smallest absolute Gasteiger partial charge is 0.330 e. The van der Waals surface area contributed by atoms with E-state index in [1.165, 1.54) is 7.11 Å². The predicted octanol–water partition coefficient (Wildman–Crippen LogP) is 2.65. The number of hydrogen-bond donors (Lipinski definition) is 5. The van der Waals surface area contributed by atoms with E-state index in [4.69, 9.17) is 34.5 Å². The lowest BCUT2D eigenvalue weighted by Gasteiger charge is -2.19. The van der Waals surface area contributed by atoms with Crippen molar-refractivity contribution in [2.24, 2.45) is 4.99 Å².